The van der Waals surface area contributed by atoms with E-state index in [9.17, 15) is 0 Å². The molecule has 5 aromatic rings. The van der Waals surface area contributed by atoms with Crippen LogP contribution < -0.4 is 4.74 Å². The standard InChI is InChI=1S/C21H14N4O/c1-3-15-14(5-13(1)19-8-22-10-23-19)9-26-20-7-16-12(6-17(15)20)2-4-18-21(16)25-11-24-18/h1-8,10-11H,9H2,(H,22,23)(H,24,25). The van der Waals surface area contributed by atoms with E-state index in [1.54, 1.807) is 12.7 Å². The summed E-state index contributed by atoms with van der Waals surface area (Å²) in [5.74, 6) is 0.912. The van der Waals surface area contributed by atoms with Crippen LogP contribution in [0.4, 0.5) is 0 Å². The fourth-order valence-electron chi connectivity index (χ4n) is 3.80. The molecule has 3 heterocycles. The molecular formula is C21H14N4O. The van der Waals surface area contributed by atoms with Gasteiger partial charge in [-0.25, -0.2) is 9.97 Å². The van der Waals surface area contributed by atoms with Gasteiger partial charge in [-0.2, -0.15) is 0 Å². The van der Waals surface area contributed by atoms with Crippen molar-refractivity contribution in [3.8, 4) is 28.1 Å². The molecule has 0 unspecified atom stereocenters. The zero-order chi connectivity index (χ0) is 17.1. The van der Waals surface area contributed by atoms with Crippen molar-refractivity contribution in [2.45, 2.75) is 6.61 Å². The lowest BCUT2D eigenvalue weighted by Gasteiger charge is -2.22. The van der Waals surface area contributed by atoms with Gasteiger partial charge in [-0.3, -0.25) is 0 Å². The number of H-pyrrole nitrogens is 2. The molecule has 0 aliphatic carbocycles. The minimum absolute atomic E-state index is 0.562. The van der Waals surface area contributed by atoms with Crippen LogP contribution in [0.5, 0.6) is 5.75 Å². The van der Waals surface area contributed by atoms with E-state index in [2.05, 4.69) is 62.4 Å². The predicted octanol–water partition coefficient (Wildman–Crippen LogP) is 4.67. The van der Waals surface area contributed by atoms with E-state index in [0.717, 1.165) is 44.4 Å². The van der Waals surface area contributed by atoms with Gasteiger partial charge < -0.3 is 14.7 Å². The van der Waals surface area contributed by atoms with E-state index in [-0.39, 0.29) is 0 Å². The van der Waals surface area contributed by atoms with Gasteiger partial charge in [0.25, 0.3) is 0 Å². The van der Waals surface area contributed by atoms with Gasteiger partial charge in [0.1, 0.15) is 12.4 Å². The van der Waals surface area contributed by atoms with Gasteiger partial charge in [-0.05, 0) is 46.3 Å². The molecule has 0 spiro atoms. The van der Waals surface area contributed by atoms with Crippen molar-refractivity contribution < 1.29 is 4.74 Å². The summed E-state index contributed by atoms with van der Waals surface area (Å²) in [6.45, 7) is 0.562. The van der Waals surface area contributed by atoms with Crippen molar-refractivity contribution in [1.29, 1.82) is 0 Å². The molecule has 0 saturated heterocycles. The third kappa shape index (κ3) is 1.85. The van der Waals surface area contributed by atoms with Crippen LogP contribution in [0.1, 0.15) is 5.56 Å². The van der Waals surface area contributed by atoms with E-state index >= 15 is 0 Å². The lowest BCUT2D eigenvalue weighted by atomic mass is 9.92. The van der Waals surface area contributed by atoms with Crippen LogP contribution in [0.25, 0.3) is 44.2 Å². The number of nitrogens with zero attached hydrogens (tertiary/aromatic N) is 2. The number of rotatable bonds is 1. The van der Waals surface area contributed by atoms with Crippen molar-refractivity contribution >= 4 is 21.8 Å². The monoisotopic (exact) mass is 338 g/mol. The lowest BCUT2D eigenvalue weighted by molar-refractivity contribution is 0.303. The number of benzene rings is 3. The van der Waals surface area contributed by atoms with E-state index < -0.39 is 0 Å². The highest BCUT2D eigenvalue weighted by Crippen LogP contribution is 2.42. The molecule has 2 aromatic heterocycles. The summed E-state index contributed by atoms with van der Waals surface area (Å²) < 4.78 is 6.09. The average Bonchev–Trinajstić information content (AvgIpc) is 3.37. The number of aromatic nitrogens is 4. The molecule has 0 saturated carbocycles. The molecule has 5 nitrogen and oxygen atoms in total. The Bertz CT molecular complexity index is 1280. The van der Waals surface area contributed by atoms with Gasteiger partial charge in [0, 0.05) is 10.9 Å². The molecule has 0 amide bonds. The Hall–Kier alpha value is -3.60. The third-order valence-electron chi connectivity index (χ3n) is 5.09. The Morgan fingerprint density at radius 1 is 0.923 bits per heavy atom. The maximum absolute atomic E-state index is 6.09. The Morgan fingerprint density at radius 2 is 1.92 bits per heavy atom. The van der Waals surface area contributed by atoms with E-state index in [1.807, 2.05) is 6.20 Å². The Balaban J connectivity index is 1.57. The van der Waals surface area contributed by atoms with Crippen molar-refractivity contribution in [2.75, 3.05) is 0 Å². The number of aromatic amines is 2. The van der Waals surface area contributed by atoms with Crippen molar-refractivity contribution in [3.05, 3.63) is 66.9 Å². The maximum Gasteiger partial charge on any atom is 0.128 e. The average molecular weight is 338 g/mol. The van der Waals surface area contributed by atoms with E-state index in [1.165, 1.54) is 11.1 Å². The minimum atomic E-state index is 0.562. The first-order chi connectivity index (χ1) is 12.9. The highest BCUT2D eigenvalue weighted by Gasteiger charge is 2.19. The first kappa shape index (κ1) is 13.7. The molecule has 124 valence electrons. The zero-order valence-corrected chi connectivity index (χ0v) is 13.8. The quantitative estimate of drug-likeness (QED) is 0.467. The van der Waals surface area contributed by atoms with Gasteiger partial charge in [0.15, 0.2) is 0 Å². The number of hydrogen-bond donors (Lipinski definition) is 2. The van der Waals surface area contributed by atoms with Gasteiger partial charge in [-0.15, -0.1) is 0 Å². The molecule has 3 aromatic carbocycles. The van der Waals surface area contributed by atoms with Crippen LogP contribution in [0.2, 0.25) is 0 Å². The highest BCUT2D eigenvalue weighted by atomic mass is 16.5. The smallest absolute Gasteiger partial charge is 0.128 e. The molecule has 6 rings (SSSR count). The van der Waals surface area contributed by atoms with Crippen LogP contribution in [0.15, 0.2) is 61.3 Å². The molecule has 26 heavy (non-hydrogen) atoms. The number of imidazole rings is 2. The number of fused-ring (bicyclic) bond motifs is 6. The third-order valence-corrected chi connectivity index (χ3v) is 5.09. The second kappa shape index (κ2) is 4.95. The lowest BCUT2D eigenvalue weighted by Crippen LogP contribution is -2.05. The summed E-state index contributed by atoms with van der Waals surface area (Å²) in [4.78, 5) is 14.9. The Kier molecular flexibility index (Phi) is 2.60. The number of hydrogen-bond acceptors (Lipinski definition) is 3. The highest BCUT2D eigenvalue weighted by molar-refractivity contribution is 6.06. The van der Waals surface area contributed by atoms with Gasteiger partial charge in [0.05, 0.1) is 35.6 Å². The molecular weight excluding hydrogens is 324 g/mol. The maximum atomic E-state index is 6.09. The minimum Gasteiger partial charge on any atom is -0.488 e. The first-order valence-corrected chi connectivity index (χ1v) is 8.51. The van der Waals surface area contributed by atoms with Crippen LogP contribution in [-0.2, 0) is 6.61 Å². The summed E-state index contributed by atoms with van der Waals surface area (Å²) in [6.07, 6.45) is 5.27. The van der Waals surface area contributed by atoms with Crippen LogP contribution in [-0.4, -0.2) is 19.9 Å². The SMILES string of the molecule is c1ncc(-c2ccc3c(c2)COc2cc4c(ccc5[nH]cnc54)cc2-3)[nH]1. The van der Waals surface area contributed by atoms with E-state index in [0.29, 0.717) is 6.61 Å². The van der Waals surface area contributed by atoms with E-state index in [4.69, 9.17) is 4.74 Å². The molecule has 0 bridgehead atoms. The topological polar surface area (TPSA) is 66.6 Å². The van der Waals surface area contributed by atoms with Gasteiger partial charge in [-0.1, -0.05) is 18.2 Å². The molecule has 0 fully saturated rings. The molecule has 0 radical (unpaired) electrons. The van der Waals surface area contributed by atoms with Crippen LogP contribution in [0.3, 0.4) is 0 Å². The summed E-state index contributed by atoms with van der Waals surface area (Å²) in [5, 5.41) is 2.28. The van der Waals surface area contributed by atoms with Gasteiger partial charge in [0.2, 0.25) is 0 Å². The van der Waals surface area contributed by atoms with Crippen LogP contribution in [0, 0.1) is 0 Å². The Morgan fingerprint density at radius 3 is 2.85 bits per heavy atom. The Labute approximate surface area is 148 Å². The van der Waals surface area contributed by atoms with Gasteiger partial charge >= 0.3 is 0 Å². The molecule has 5 heteroatoms. The molecule has 0 atom stereocenters. The summed E-state index contributed by atoms with van der Waals surface area (Å²) in [7, 11) is 0. The fraction of sp³-hybridized carbons (Fsp3) is 0.0476. The van der Waals surface area contributed by atoms with Crippen molar-refractivity contribution in [3.63, 3.8) is 0 Å². The van der Waals surface area contributed by atoms with Crippen molar-refractivity contribution in [1.82, 2.24) is 19.9 Å². The summed E-state index contributed by atoms with van der Waals surface area (Å²) >= 11 is 0. The van der Waals surface area contributed by atoms with Crippen molar-refractivity contribution in [2.24, 2.45) is 0 Å². The number of ether oxygens (including phenoxy) is 1. The first-order valence-electron chi connectivity index (χ1n) is 8.51. The molecule has 1 aliphatic rings. The zero-order valence-electron chi connectivity index (χ0n) is 13.8. The molecule has 2 N–H and O–H groups in total. The fourth-order valence-corrected chi connectivity index (χ4v) is 3.80. The molecule has 1 aliphatic heterocycles. The summed E-state index contributed by atoms with van der Waals surface area (Å²) in [6, 6.07) is 15.0. The predicted molar refractivity (Wildman–Crippen MR) is 101 cm³/mol. The second-order valence-electron chi connectivity index (χ2n) is 6.56. The normalized spacial score (nSPS) is 12.8. The number of nitrogens with one attached hydrogen (secondary N) is 2. The second-order valence-corrected chi connectivity index (χ2v) is 6.56. The summed E-state index contributed by atoms with van der Waals surface area (Å²) in [5.41, 5.74) is 7.69. The largest absolute Gasteiger partial charge is 0.488 e. The van der Waals surface area contributed by atoms with Crippen LogP contribution >= 0.6 is 0 Å².